The van der Waals surface area contributed by atoms with Crippen LogP contribution in [0.1, 0.15) is 10.4 Å². The third kappa shape index (κ3) is 3.13. The quantitative estimate of drug-likeness (QED) is 0.738. The maximum absolute atomic E-state index is 12.2. The monoisotopic (exact) mass is 348 g/mol. The first-order chi connectivity index (χ1) is 9.40. The van der Waals surface area contributed by atoms with Crippen LogP contribution in [0.4, 0.5) is 11.4 Å². The molecule has 0 fully saturated rings. The Kier molecular flexibility index (Phi) is 4.66. The van der Waals surface area contributed by atoms with Gasteiger partial charge in [-0.25, -0.2) is 0 Å². The number of nitrogen functional groups attached to an aromatic ring is 1. The van der Waals surface area contributed by atoms with E-state index in [9.17, 15) is 4.79 Å². The maximum Gasteiger partial charge on any atom is 0.257 e. The number of hydrogen-bond donors (Lipinski definition) is 2. The van der Waals surface area contributed by atoms with Crippen molar-refractivity contribution >= 4 is 63.7 Å². The molecule has 0 unspecified atom stereocenters. The van der Waals surface area contributed by atoms with E-state index in [0.29, 0.717) is 15.7 Å². The molecular weight excluding hydrogens is 342 g/mol. The molecule has 0 spiro atoms. The molecule has 7 heteroatoms. The highest BCUT2D eigenvalue weighted by molar-refractivity contribution is 6.41. The van der Waals surface area contributed by atoms with Gasteiger partial charge in [0.1, 0.15) is 0 Å². The zero-order chi connectivity index (χ0) is 14.9. The molecule has 3 nitrogen and oxygen atoms in total. The van der Waals surface area contributed by atoms with E-state index in [0.717, 1.165) is 0 Å². The number of amides is 1. The van der Waals surface area contributed by atoms with Crippen molar-refractivity contribution in [2.45, 2.75) is 0 Å². The molecule has 0 bridgehead atoms. The van der Waals surface area contributed by atoms with E-state index in [2.05, 4.69) is 5.32 Å². The number of carbonyl (C=O) groups is 1. The Bertz CT molecular complexity index is 688. The first-order valence-electron chi connectivity index (χ1n) is 5.40. The number of carbonyl (C=O) groups excluding carboxylic acids is 1. The fraction of sp³-hybridized carbons (Fsp3) is 0. The molecule has 0 saturated carbocycles. The van der Waals surface area contributed by atoms with Gasteiger partial charge in [0, 0.05) is 5.02 Å². The van der Waals surface area contributed by atoms with Crippen molar-refractivity contribution < 1.29 is 4.79 Å². The van der Waals surface area contributed by atoms with Gasteiger partial charge < -0.3 is 11.1 Å². The van der Waals surface area contributed by atoms with E-state index in [1.807, 2.05) is 0 Å². The summed E-state index contributed by atoms with van der Waals surface area (Å²) in [5.74, 6) is -0.456. The Morgan fingerprint density at radius 3 is 2.35 bits per heavy atom. The summed E-state index contributed by atoms with van der Waals surface area (Å²) in [6.07, 6.45) is 0. The van der Waals surface area contributed by atoms with Crippen molar-refractivity contribution in [3.63, 3.8) is 0 Å². The molecule has 0 aliphatic rings. The van der Waals surface area contributed by atoms with Crippen LogP contribution in [0, 0.1) is 0 Å². The van der Waals surface area contributed by atoms with Crippen molar-refractivity contribution in [1.29, 1.82) is 0 Å². The molecule has 0 aliphatic heterocycles. The minimum Gasteiger partial charge on any atom is -0.396 e. The standard InChI is InChI=1S/C13H8Cl4N2O/c14-6-1-3-8(15)10(5-6)19-13(20)7-2-4-9(16)12(18)11(7)17/h1-5H,18H2,(H,19,20). The van der Waals surface area contributed by atoms with Gasteiger partial charge in [-0.1, -0.05) is 46.4 Å². The van der Waals surface area contributed by atoms with Crippen LogP contribution in [-0.2, 0) is 0 Å². The lowest BCUT2D eigenvalue weighted by Crippen LogP contribution is -2.13. The largest absolute Gasteiger partial charge is 0.396 e. The number of halogens is 4. The lowest BCUT2D eigenvalue weighted by Gasteiger charge is -2.10. The third-order valence-corrected chi connectivity index (χ3v) is 3.85. The van der Waals surface area contributed by atoms with Gasteiger partial charge in [-0.3, -0.25) is 4.79 Å². The molecule has 0 aromatic heterocycles. The molecule has 2 aromatic rings. The van der Waals surface area contributed by atoms with Crippen molar-refractivity contribution in [2.75, 3.05) is 11.1 Å². The summed E-state index contributed by atoms with van der Waals surface area (Å²) in [6.45, 7) is 0. The van der Waals surface area contributed by atoms with Crippen LogP contribution in [0.25, 0.3) is 0 Å². The molecule has 2 rings (SSSR count). The highest BCUT2D eigenvalue weighted by Crippen LogP contribution is 2.32. The topological polar surface area (TPSA) is 55.1 Å². The second-order valence-corrected chi connectivity index (χ2v) is 5.53. The van der Waals surface area contributed by atoms with E-state index in [1.165, 1.54) is 18.2 Å². The molecule has 0 radical (unpaired) electrons. The molecule has 0 atom stereocenters. The number of rotatable bonds is 2. The van der Waals surface area contributed by atoms with E-state index in [1.54, 1.807) is 12.1 Å². The Morgan fingerprint density at radius 1 is 1.00 bits per heavy atom. The number of benzene rings is 2. The predicted molar refractivity (Wildman–Crippen MR) is 85.3 cm³/mol. The average Bonchev–Trinajstić information content (AvgIpc) is 2.40. The Labute approximate surface area is 135 Å². The summed E-state index contributed by atoms with van der Waals surface area (Å²) in [5, 5.41) is 3.80. The van der Waals surface area contributed by atoms with Crippen LogP contribution in [0.2, 0.25) is 20.1 Å². The molecule has 0 heterocycles. The molecule has 0 aliphatic carbocycles. The molecular formula is C13H8Cl4N2O. The highest BCUT2D eigenvalue weighted by atomic mass is 35.5. The van der Waals surface area contributed by atoms with Crippen LogP contribution in [0.15, 0.2) is 30.3 Å². The second kappa shape index (κ2) is 6.10. The summed E-state index contributed by atoms with van der Waals surface area (Å²) in [5.41, 5.74) is 6.41. The summed E-state index contributed by atoms with van der Waals surface area (Å²) in [6, 6.07) is 7.71. The molecule has 3 N–H and O–H groups in total. The van der Waals surface area contributed by atoms with E-state index >= 15 is 0 Å². The van der Waals surface area contributed by atoms with Crippen LogP contribution in [-0.4, -0.2) is 5.91 Å². The molecule has 0 saturated heterocycles. The first-order valence-corrected chi connectivity index (χ1v) is 6.91. The van der Waals surface area contributed by atoms with Gasteiger partial charge in [-0.2, -0.15) is 0 Å². The SMILES string of the molecule is Nc1c(Cl)ccc(C(=O)Nc2cc(Cl)ccc2Cl)c1Cl. The molecule has 2 aromatic carbocycles. The lowest BCUT2D eigenvalue weighted by atomic mass is 10.2. The second-order valence-electron chi connectivity index (χ2n) is 3.90. The summed E-state index contributed by atoms with van der Waals surface area (Å²) in [4.78, 5) is 12.2. The molecule has 1 amide bonds. The Hall–Kier alpha value is -1.13. The average molecular weight is 350 g/mol. The van der Waals surface area contributed by atoms with Crippen molar-refractivity contribution in [3.05, 3.63) is 56.0 Å². The van der Waals surface area contributed by atoms with Gasteiger partial charge in [0.2, 0.25) is 0 Å². The zero-order valence-corrected chi connectivity index (χ0v) is 12.9. The van der Waals surface area contributed by atoms with Gasteiger partial charge in [0.15, 0.2) is 0 Å². The number of anilines is 2. The van der Waals surface area contributed by atoms with Gasteiger partial charge >= 0.3 is 0 Å². The van der Waals surface area contributed by atoms with E-state index in [4.69, 9.17) is 52.1 Å². The zero-order valence-electron chi connectivity index (χ0n) is 9.88. The van der Waals surface area contributed by atoms with Crippen LogP contribution in [0.3, 0.4) is 0 Å². The van der Waals surface area contributed by atoms with Gasteiger partial charge in [0.25, 0.3) is 5.91 Å². The minimum absolute atomic E-state index is 0.0909. The lowest BCUT2D eigenvalue weighted by molar-refractivity contribution is 0.102. The summed E-state index contributed by atoms with van der Waals surface area (Å²) >= 11 is 23.6. The van der Waals surface area contributed by atoms with Crippen LogP contribution < -0.4 is 11.1 Å². The minimum atomic E-state index is -0.456. The van der Waals surface area contributed by atoms with Crippen LogP contribution >= 0.6 is 46.4 Å². The van der Waals surface area contributed by atoms with E-state index in [-0.39, 0.29) is 21.3 Å². The number of nitrogens with one attached hydrogen (secondary N) is 1. The van der Waals surface area contributed by atoms with Crippen molar-refractivity contribution in [3.8, 4) is 0 Å². The Morgan fingerprint density at radius 2 is 1.65 bits per heavy atom. The Balaban J connectivity index is 2.33. The van der Waals surface area contributed by atoms with E-state index < -0.39 is 5.91 Å². The fourth-order valence-corrected chi connectivity index (χ4v) is 2.32. The maximum atomic E-state index is 12.2. The molecule has 104 valence electrons. The summed E-state index contributed by atoms with van der Waals surface area (Å²) < 4.78 is 0. The van der Waals surface area contributed by atoms with Crippen LogP contribution in [0.5, 0.6) is 0 Å². The summed E-state index contributed by atoms with van der Waals surface area (Å²) in [7, 11) is 0. The number of hydrogen-bond acceptors (Lipinski definition) is 2. The highest BCUT2D eigenvalue weighted by Gasteiger charge is 2.15. The fourth-order valence-electron chi connectivity index (χ4n) is 1.53. The smallest absolute Gasteiger partial charge is 0.257 e. The van der Waals surface area contributed by atoms with Gasteiger partial charge in [0.05, 0.1) is 32.0 Å². The molecule has 20 heavy (non-hydrogen) atoms. The van der Waals surface area contributed by atoms with Crippen molar-refractivity contribution in [1.82, 2.24) is 0 Å². The van der Waals surface area contributed by atoms with Crippen molar-refractivity contribution in [2.24, 2.45) is 0 Å². The predicted octanol–water partition coefficient (Wildman–Crippen LogP) is 5.13. The number of nitrogens with two attached hydrogens (primary N) is 1. The normalized spacial score (nSPS) is 10.4. The van der Waals surface area contributed by atoms with Gasteiger partial charge in [-0.05, 0) is 30.3 Å². The third-order valence-electron chi connectivity index (χ3n) is 2.55. The van der Waals surface area contributed by atoms with Gasteiger partial charge in [-0.15, -0.1) is 0 Å². The first kappa shape index (κ1) is 15.3.